The number of methoxy groups -OCH3 is 1. The molecule has 1 saturated carbocycles. The Balaban J connectivity index is 1.68. The number of amides is 1. The number of hydrogen-bond acceptors (Lipinski definition) is 8. The molecular weight excluding hydrogens is 442 g/mol. The fourth-order valence-corrected chi connectivity index (χ4v) is 6.58. The van der Waals surface area contributed by atoms with Gasteiger partial charge in [0.1, 0.15) is 24.9 Å². The Hall–Kier alpha value is -3.20. The Bertz CT molecular complexity index is 1040. The highest BCUT2D eigenvalue weighted by atomic mass is 16.7. The van der Waals surface area contributed by atoms with Crippen LogP contribution in [0.3, 0.4) is 0 Å². The molecule has 5 atom stereocenters. The number of carbonyl (C=O) groups is 2. The zero-order valence-corrected chi connectivity index (χ0v) is 19.2. The Morgan fingerprint density at radius 2 is 2.00 bits per heavy atom. The van der Waals surface area contributed by atoms with Crippen molar-refractivity contribution in [1.29, 1.82) is 0 Å². The van der Waals surface area contributed by atoms with Gasteiger partial charge in [0.05, 0.1) is 24.7 Å². The lowest BCUT2D eigenvalue weighted by atomic mass is 9.48. The molecule has 9 heteroatoms. The highest BCUT2D eigenvalue weighted by molar-refractivity contribution is 5.72. The van der Waals surface area contributed by atoms with Crippen LogP contribution in [0, 0.1) is 0 Å². The molecule has 2 aliphatic heterocycles. The summed E-state index contributed by atoms with van der Waals surface area (Å²) < 4.78 is 28.8. The Labute approximate surface area is 197 Å². The van der Waals surface area contributed by atoms with Crippen molar-refractivity contribution in [3.63, 3.8) is 0 Å². The number of ether oxygens (including phenoxy) is 5. The lowest BCUT2D eigenvalue weighted by Crippen LogP contribution is -2.78. The van der Waals surface area contributed by atoms with Gasteiger partial charge in [-0.2, -0.15) is 0 Å². The van der Waals surface area contributed by atoms with Gasteiger partial charge in [-0.1, -0.05) is 31.4 Å². The summed E-state index contributed by atoms with van der Waals surface area (Å²) in [7, 11) is 1.57. The largest absolute Gasteiger partial charge is 0.509 e. The predicted octanol–water partition coefficient (Wildman–Crippen LogP) is 2.88. The Morgan fingerprint density at radius 1 is 1.24 bits per heavy atom. The summed E-state index contributed by atoms with van der Waals surface area (Å²) in [6, 6.07) is 3.26. The van der Waals surface area contributed by atoms with Crippen molar-refractivity contribution in [2.24, 2.45) is 0 Å². The van der Waals surface area contributed by atoms with Crippen molar-refractivity contribution in [2.75, 3.05) is 26.9 Å². The van der Waals surface area contributed by atoms with E-state index >= 15 is 0 Å². The maximum atomic E-state index is 13.1. The van der Waals surface area contributed by atoms with Crippen LogP contribution >= 0.6 is 0 Å². The quantitative estimate of drug-likeness (QED) is 0.499. The van der Waals surface area contributed by atoms with Gasteiger partial charge in [-0.15, -0.1) is 0 Å². The summed E-state index contributed by atoms with van der Waals surface area (Å²) in [6.45, 7) is 7.62. The molecule has 5 rings (SSSR count). The monoisotopic (exact) mass is 471 g/mol. The number of rotatable bonds is 6. The average molecular weight is 472 g/mol. The number of piperidine rings is 1. The summed E-state index contributed by atoms with van der Waals surface area (Å²) >= 11 is 0. The van der Waals surface area contributed by atoms with E-state index in [4.69, 9.17) is 23.7 Å². The zero-order valence-electron chi connectivity index (χ0n) is 19.2. The maximum Gasteiger partial charge on any atom is 0.509 e. The van der Waals surface area contributed by atoms with Crippen LogP contribution < -0.4 is 9.47 Å². The van der Waals surface area contributed by atoms with Gasteiger partial charge in [0.25, 0.3) is 0 Å². The number of aliphatic hydroxyl groups is 1. The van der Waals surface area contributed by atoms with Gasteiger partial charge in [-0.05, 0) is 37.3 Å². The van der Waals surface area contributed by atoms with E-state index in [-0.39, 0.29) is 13.2 Å². The molecule has 34 heavy (non-hydrogen) atoms. The summed E-state index contributed by atoms with van der Waals surface area (Å²) in [4.78, 5) is 27.6. The van der Waals surface area contributed by atoms with Crippen molar-refractivity contribution in [3.05, 3.63) is 48.6 Å². The number of benzene rings is 1. The highest BCUT2D eigenvalue weighted by Crippen LogP contribution is 2.66. The third-order valence-electron chi connectivity index (χ3n) is 7.74. The molecule has 1 N–H and O–H groups in total. The molecule has 1 unspecified atom stereocenters. The van der Waals surface area contributed by atoms with E-state index in [0.717, 1.165) is 11.1 Å². The summed E-state index contributed by atoms with van der Waals surface area (Å²) in [6.07, 6.45) is 1.70. The van der Waals surface area contributed by atoms with Crippen molar-refractivity contribution in [1.82, 2.24) is 4.90 Å². The molecule has 4 aliphatic rings. The van der Waals surface area contributed by atoms with E-state index in [1.165, 1.54) is 12.2 Å². The predicted molar refractivity (Wildman–Crippen MR) is 120 cm³/mol. The van der Waals surface area contributed by atoms with Crippen LogP contribution in [0.5, 0.6) is 11.5 Å². The van der Waals surface area contributed by atoms with Gasteiger partial charge in [-0.25, -0.2) is 9.59 Å². The van der Waals surface area contributed by atoms with E-state index in [1.807, 2.05) is 12.1 Å². The lowest BCUT2D eigenvalue weighted by Gasteiger charge is -2.63. The van der Waals surface area contributed by atoms with Crippen LogP contribution in [0.2, 0.25) is 0 Å². The number of likely N-dealkylation sites (tertiary alicyclic amines) is 1. The van der Waals surface area contributed by atoms with Crippen LogP contribution in [-0.2, 0) is 26.0 Å². The molecule has 2 fully saturated rings. The number of carbonyl (C=O) groups excluding carboxylic acids is 2. The summed E-state index contributed by atoms with van der Waals surface area (Å²) in [5.41, 5.74) is -0.180. The van der Waals surface area contributed by atoms with Gasteiger partial charge < -0.3 is 33.7 Å². The molecule has 0 radical (unpaired) electrons. The molecule has 1 saturated heterocycles. The SMILES string of the molecule is C=CCOC(=O)O[C@@]12CCC(O)[C@@H]3Oc4c(OC)ccc5c4[C@@]31CCN(C(=O)OCC=C)[C@@H]2C5. The van der Waals surface area contributed by atoms with Crippen LogP contribution in [0.25, 0.3) is 0 Å². The third kappa shape index (κ3) is 2.89. The third-order valence-corrected chi connectivity index (χ3v) is 7.74. The number of hydrogen-bond donors (Lipinski definition) is 1. The first kappa shape index (κ1) is 22.6. The average Bonchev–Trinajstić information content (AvgIpc) is 3.18. The minimum atomic E-state index is -1.18. The van der Waals surface area contributed by atoms with Crippen LogP contribution in [0.15, 0.2) is 37.4 Å². The minimum Gasteiger partial charge on any atom is -0.493 e. The molecular formula is C25H29NO8. The molecule has 0 aromatic heterocycles. The molecule has 1 aromatic carbocycles. The van der Waals surface area contributed by atoms with Crippen molar-refractivity contribution >= 4 is 12.2 Å². The second-order valence-corrected chi connectivity index (χ2v) is 9.12. The molecule has 182 valence electrons. The lowest BCUT2D eigenvalue weighted by molar-refractivity contribution is -0.209. The standard InChI is InChI=1S/C25H29NO8/c1-4-12-31-22(28)26-11-10-24-19-15-6-7-17(30-3)20(19)33-21(24)16(27)8-9-25(24,18(26)14-15)34-23(29)32-13-5-2/h4-7,16,18,21,27H,1-2,8-14H2,3H3/t16?,18-,21+,24+,25-/m1/s1. The van der Waals surface area contributed by atoms with Crippen molar-refractivity contribution in [2.45, 2.75) is 54.9 Å². The van der Waals surface area contributed by atoms with E-state index in [2.05, 4.69) is 13.2 Å². The normalized spacial score (nSPS) is 32.1. The van der Waals surface area contributed by atoms with Gasteiger partial charge >= 0.3 is 12.2 Å². The molecule has 9 nitrogen and oxygen atoms in total. The fourth-order valence-electron chi connectivity index (χ4n) is 6.58. The molecule has 2 bridgehead atoms. The molecule has 1 spiro atoms. The van der Waals surface area contributed by atoms with Crippen molar-refractivity contribution in [3.8, 4) is 11.5 Å². The van der Waals surface area contributed by atoms with E-state index in [1.54, 1.807) is 12.0 Å². The first-order valence-corrected chi connectivity index (χ1v) is 11.5. The first-order chi connectivity index (χ1) is 16.4. The van der Waals surface area contributed by atoms with Crippen LogP contribution in [0.1, 0.15) is 30.4 Å². The number of nitrogens with zero attached hydrogens (tertiary/aromatic N) is 1. The van der Waals surface area contributed by atoms with Gasteiger partial charge in [-0.3, -0.25) is 0 Å². The summed E-state index contributed by atoms with van der Waals surface area (Å²) in [5.74, 6) is 1.13. The fraction of sp³-hybridized carbons (Fsp3) is 0.520. The zero-order chi connectivity index (χ0) is 24.1. The van der Waals surface area contributed by atoms with Crippen LogP contribution in [-0.4, -0.2) is 73.0 Å². The second kappa shape index (κ2) is 8.23. The smallest absolute Gasteiger partial charge is 0.493 e. The molecule has 2 heterocycles. The second-order valence-electron chi connectivity index (χ2n) is 9.12. The molecule has 1 aromatic rings. The van der Waals surface area contributed by atoms with E-state index in [9.17, 15) is 14.7 Å². The number of aliphatic hydroxyl groups excluding tert-OH is 1. The van der Waals surface area contributed by atoms with E-state index in [0.29, 0.717) is 43.7 Å². The minimum absolute atomic E-state index is 0.00408. The molecule has 2 aliphatic carbocycles. The summed E-state index contributed by atoms with van der Waals surface area (Å²) in [5, 5.41) is 11.1. The van der Waals surface area contributed by atoms with Gasteiger partial charge in [0, 0.05) is 12.1 Å². The topological polar surface area (TPSA) is 104 Å². The van der Waals surface area contributed by atoms with Crippen LogP contribution in [0.4, 0.5) is 9.59 Å². The Morgan fingerprint density at radius 3 is 2.74 bits per heavy atom. The van der Waals surface area contributed by atoms with E-state index < -0.39 is 41.5 Å². The van der Waals surface area contributed by atoms with Crippen molar-refractivity contribution < 1.29 is 38.4 Å². The highest BCUT2D eigenvalue weighted by Gasteiger charge is 2.76. The first-order valence-electron chi connectivity index (χ1n) is 11.5. The molecule has 1 amide bonds. The maximum absolute atomic E-state index is 13.1. The van der Waals surface area contributed by atoms with Gasteiger partial charge in [0.2, 0.25) is 0 Å². The Kier molecular flexibility index (Phi) is 5.47. The van der Waals surface area contributed by atoms with Gasteiger partial charge in [0.15, 0.2) is 11.5 Å².